The highest BCUT2D eigenvalue weighted by atomic mass is 32.2. The summed E-state index contributed by atoms with van der Waals surface area (Å²) < 4.78 is 25.3. The molecule has 2 saturated carbocycles. The van der Waals surface area contributed by atoms with Gasteiger partial charge in [0.2, 0.25) is 0 Å². The van der Waals surface area contributed by atoms with Crippen molar-refractivity contribution in [1.82, 2.24) is 0 Å². The van der Waals surface area contributed by atoms with Crippen molar-refractivity contribution in [2.24, 2.45) is 11.8 Å². The summed E-state index contributed by atoms with van der Waals surface area (Å²) in [4.78, 5) is 0.338. The van der Waals surface area contributed by atoms with Gasteiger partial charge in [-0.05, 0) is 43.2 Å². The van der Waals surface area contributed by atoms with Crippen LogP contribution in [-0.4, -0.2) is 24.4 Å². The molecule has 3 nitrogen and oxygen atoms in total. The number of rotatable bonds is 2. The molecule has 0 bridgehead atoms. The Balaban J connectivity index is 1.96. The fourth-order valence-corrected chi connectivity index (χ4v) is 6.13. The molecule has 0 spiro atoms. The van der Waals surface area contributed by atoms with E-state index in [9.17, 15) is 13.5 Å². The number of aliphatic hydroxyl groups is 1. The van der Waals surface area contributed by atoms with Gasteiger partial charge in [-0.3, -0.25) is 0 Å². The second-order valence-corrected chi connectivity index (χ2v) is 8.13. The maximum Gasteiger partial charge on any atom is 0.184 e. The zero-order valence-corrected chi connectivity index (χ0v) is 11.9. The van der Waals surface area contributed by atoms with Crippen molar-refractivity contribution in [3.63, 3.8) is 0 Å². The van der Waals surface area contributed by atoms with Gasteiger partial charge in [0, 0.05) is 0 Å². The summed E-state index contributed by atoms with van der Waals surface area (Å²) in [6, 6.07) is 8.52. The standard InChI is InChI=1S/C15H20O3S/c1-11-6-5-7-12-10-14(15(11,12)16)19(17,18)13-8-3-2-4-9-13/h2-4,8-9,11-12,14,16H,5-7,10H2,1H3/t11-,12-,14-,15+/m0/s1. The van der Waals surface area contributed by atoms with Crippen LogP contribution >= 0.6 is 0 Å². The van der Waals surface area contributed by atoms with Gasteiger partial charge in [-0.1, -0.05) is 31.5 Å². The third-order valence-corrected chi connectivity index (χ3v) is 7.34. The molecule has 19 heavy (non-hydrogen) atoms. The summed E-state index contributed by atoms with van der Waals surface area (Å²) in [7, 11) is -3.41. The van der Waals surface area contributed by atoms with E-state index in [1.807, 2.05) is 6.92 Å². The molecule has 1 N–H and O–H groups in total. The molecule has 2 aliphatic carbocycles. The van der Waals surface area contributed by atoms with E-state index in [0.717, 1.165) is 19.3 Å². The highest BCUT2D eigenvalue weighted by molar-refractivity contribution is 7.92. The third kappa shape index (κ3) is 1.77. The van der Waals surface area contributed by atoms with Crippen molar-refractivity contribution in [1.29, 1.82) is 0 Å². The SMILES string of the molecule is C[C@H]1CCC[C@H]2C[C@H](S(=O)(=O)c3ccccc3)[C@]21O. The Hall–Kier alpha value is -0.870. The molecule has 4 heteroatoms. The van der Waals surface area contributed by atoms with Crippen LogP contribution in [0.1, 0.15) is 32.6 Å². The number of benzene rings is 1. The Labute approximate surface area is 114 Å². The van der Waals surface area contributed by atoms with Gasteiger partial charge in [0.05, 0.1) is 15.7 Å². The summed E-state index contributed by atoms with van der Waals surface area (Å²) in [5.74, 6) is 0.239. The van der Waals surface area contributed by atoms with Crippen LogP contribution in [0, 0.1) is 11.8 Å². The average molecular weight is 280 g/mol. The summed E-state index contributed by atoms with van der Waals surface area (Å²) in [6.45, 7) is 1.98. The highest BCUT2D eigenvalue weighted by Gasteiger charge is 2.62. The monoisotopic (exact) mass is 280 g/mol. The number of fused-ring (bicyclic) bond motifs is 1. The molecule has 0 aliphatic heterocycles. The van der Waals surface area contributed by atoms with E-state index < -0.39 is 20.7 Å². The van der Waals surface area contributed by atoms with Crippen LogP contribution in [0.3, 0.4) is 0 Å². The van der Waals surface area contributed by atoms with Crippen LogP contribution in [0.5, 0.6) is 0 Å². The van der Waals surface area contributed by atoms with Crippen molar-refractivity contribution < 1.29 is 13.5 Å². The smallest absolute Gasteiger partial charge is 0.184 e. The van der Waals surface area contributed by atoms with E-state index in [1.165, 1.54) is 0 Å². The number of hydrogen-bond donors (Lipinski definition) is 1. The lowest BCUT2D eigenvalue weighted by Gasteiger charge is -2.57. The first kappa shape index (κ1) is 13.1. The third-order valence-electron chi connectivity index (χ3n) is 5.09. The minimum atomic E-state index is -3.41. The Kier molecular flexibility index (Phi) is 2.98. The van der Waals surface area contributed by atoms with Crippen molar-refractivity contribution in [3.8, 4) is 0 Å². The van der Waals surface area contributed by atoms with Crippen LogP contribution in [-0.2, 0) is 9.84 Å². The first-order valence-electron chi connectivity index (χ1n) is 6.98. The Morgan fingerprint density at radius 2 is 1.89 bits per heavy atom. The second-order valence-electron chi connectivity index (χ2n) is 6.00. The second kappa shape index (κ2) is 4.32. The van der Waals surface area contributed by atoms with Crippen LogP contribution < -0.4 is 0 Å². The zero-order valence-electron chi connectivity index (χ0n) is 11.1. The molecule has 0 unspecified atom stereocenters. The zero-order chi connectivity index (χ0) is 13.7. The van der Waals surface area contributed by atoms with Crippen LogP contribution in [0.25, 0.3) is 0 Å². The van der Waals surface area contributed by atoms with E-state index in [1.54, 1.807) is 30.3 Å². The molecule has 3 rings (SSSR count). The molecule has 2 fully saturated rings. The lowest BCUT2D eigenvalue weighted by molar-refractivity contribution is -0.149. The predicted octanol–water partition coefficient (Wildman–Crippen LogP) is 2.40. The van der Waals surface area contributed by atoms with Crippen LogP contribution in [0.15, 0.2) is 35.2 Å². The molecular formula is C15H20O3S. The van der Waals surface area contributed by atoms with Gasteiger partial charge in [0.1, 0.15) is 0 Å². The van der Waals surface area contributed by atoms with E-state index in [2.05, 4.69) is 0 Å². The van der Waals surface area contributed by atoms with E-state index in [-0.39, 0.29) is 11.8 Å². The summed E-state index contributed by atoms with van der Waals surface area (Å²) in [5, 5.41) is 10.3. The largest absolute Gasteiger partial charge is 0.388 e. The molecule has 4 atom stereocenters. The molecule has 0 saturated heterocycles. The number of hydrogen-bond acceptors (Lipinski definition) is 3. The maximum absolute atomic E-state index is 12.7. The summed E-state index contributed by atoms with van der Waals surface area (Å²) in [6.07, 6.45) is 3.60. The normalized spacial score (nSPS) is 38.3. The molecule has 0 aromatic heterocycles. The lowest BCUT2D eigenvalue weighted by atomic mass is 9.57. The summed E-state index contributed by atoms with van der Waals surface area (Å²) >= 11 is 0. The highest BCUT2D eigenvalue weighted by Crippen LogP contribution is 2.55. The lowest BCUT2D eigenvalue weighted by Crippen LogP contribution is -2.67. The molecular weight excluding hydrogens is 260 g/mol. The summed E-state index contributed by atoms with van der Waals surface area (Å²) in [5.41, 5.74) is -1.01. The topological polar surface area (TPSA) is 54.4 Å². The predicted molar refractivity (Wildman–Crippen MR) is 73.5 cm³/mol. The average Bonchev–Trinajstić information content (AvgIpc) is 2.39. The van der Waals surface area contributed by atoms with Crippen molar-refractivity contribution in [2.75, 3.05) is 0 Å². The first-order valence-corrected chi connectivity index (χ1v) is 8.53. The quantitative estimate of drug-likeness (QED) is 0.905. The fourth-order valence-electron chi connectivity index (χ4n) is 3.86. The van der Waals surface area contributed by atoms with E-state index in [4.69, 9.17) is 0 Å². The Bertz CT molecular complexity index is 558. The molecule has 0 heterocycles. The fraction of sp³-hybridized carbons (Fsp3) is 0.600. The minimum Gasteiger partial charge on any atom is -0.388 e. The van der Waals surface area contributed by atoms with Gasteiger partial charge >= 0.3 is 0 Å². The molecule has 1 aromatic carbocycles. The van der Waals surface area contributed by atoms with Gasteiger partial charge in [0.25, 0.3) is 0 Å². The maximum atomic E-state index is 12.7. The van der Waals surface area contributed by atoms with Crippen molar-refractivity contribution in [3.05, 3.63) is 30.3 Å². The van der Waals surface area contributed by atoms with Gasteiger partial charge in [-0.25, -0.2) is 8.42 Å². The van der Waals surface area contributed by atoms with Gasteiger partial charge in [0.15, 0.2) is 9.84 Å². The molecule has 104 valence electrons. The van der Waals surface area contributed by atoms with E-state index >= 15 is 0 Å². The van der Waals surface area contributed by atoms with Crippen molar-refractivity contribution in [2.45, 2.75) is 48.4 Å². The van der Waals surface area contributed by atoms with Crippen molar-refractivity contribution >= 4 is 9.84 Å². The van der Waals surface area contributed by atoms with Gasteiger partial charge < -0.3 is 5.11 Å². The van der Waals surface area contributed by atoms with Gasteiger partial charge in [-0.2, -0.15) is 0 Å². The molecule has 1 aromatic rings. The Morgan fingerprint density at radius 1 is 1.21 bits per heavy atom. The van der Waals surface area contributed by atoms with Crippen LogP contribution in [0.2, 0.25) is 0 Å². The Morgan fingerprint density at radius 3 is 2.53 bits per heavy atom. The number of sulfone groups is 1. The van der Waals surface area contributed by atoms with Gasteiger partial charge in [-0.15, -0.1) is 0 Å². The first-order chi connectivity index (χ1) is 8.97. The molecule has 2 aliphatic rings. The van der Waals surface area contributed by atoms with E-state index in [0.29, 0.717) is 11.3 Å². The minimum absolute atomic E-state index is 0.0727. The molecule has 0 amide bonds. The molecule has 0 radical (unpaired) electrons. The van der Waals surface area contributed by atoms with Crippen LogP contribution in [0.4, 0.5) is 0 Å².